The third-order valence-corrected chi connectivity index (χ3v) is 5.29. The summed E-state index contributed by atoms with van der Waals surface area (Å²) in [4.78, 5) is 11.4. The number of nitrogens with zero attached hydrogens (tertiary/aromatic N) is 4. The highest BCUT2D eigenvalue weighted by molar-refractivity contribution is 7.19. The second-order valence-electron chi connectivity index (χ2n) is 5.53. The normalized spacial score (nSPS) is 13.8. The van der Waals surface area contributed by atoms with Crippen molar-refractivity contribution in [1.82, 2.24) is 20.2 Å². The van der Waals surface area contributed by atoms with E-state index in [1.54, 1.807) is 24.8 Å². The van der Waals surface area contributed by atoms with E-state index in [1.807, 2.05) is 12.1 Å². The van der Waals surface area contributed by atoms with E-state index in [9.17, 15) is 0 Å². The first-order valence-electron chi connectivity index (χ1n) is 7.71. The number of rotatable bonds is 4. The number of aromatic nitrogens is 4. The van der Waals surface area contributed by atoms with Gasteiger partial charge >= 0.3 is 0 Å². The first-order valence-corrected chi connectivity index (χ1v) is 8.52. The summed E-state index contributed by atoms with van der Waals surface area (Å²) < 4.78 is 5.03. The summed E-state index contributed by atoms with van der Waals surface area (Å²) in [6, 6.07) is 3.71. The smallest absolute Gasteiger partial charge is 0.233 e. The predicted octanol–water partition coefficient (Wildman–Crippen LogP) is 2.98. The van der Waals surface area contributed by atoms with E-state index in [0.29, 0.717) is 12.4 Å². The van der Waals surface area contributed by atoms with Crippen molar-refractivity contribution >= 4 is 27.4 Å². The molecule has 0 aromatic carbocycles. The van der Waals surface area contributed by atoms with Gasteiger partial charge in [0, 0.05) is 10.9 Å². The van der Waals surface area contributed by atoms with Gasteiger partial charge in [-0.1, -0.05) is 0 Å². The van der Waals surface area contributed by atoms with Crippen molar-refractivity contribution in [2.75, 3.05) is 12.4 Å². The van der Waals surface area contributed by atoms with Gasteiger partial charge in [-0.3, -0.25) is 0 Å². The second-order valence-corrected chi connectivity index (χ2v) is 6.62. The Morgan fingerprint density at radius 1 is 1.17 bits per heavy atom. The van der Waals surface area contributed by atoms with E-state index in [-0.39, 0.29) is 0 Å². The van der Waals surface area contributed by atoms with Gasteiger partial charge in [0.2, 0.25) is 5.88 Å². The third kappa shape index (κ3) is 2.72. The lowest BCUT2D eigenvalue weighted by molar-refractivity contribution is 0.391. The molecule has 0 amide bonds. The molecule has 1 aliphatic rings. The number of hydrogen-bond donors (Lipinski definition) is 1. The fourth-order valence-corrected chi connectivity index (χ4v) is 4.18. The Morgan fingerprint density at radius 2 is 2.09 bits per heavy atom. The van der Waals surface area contributed by atoms with E-state index in [2.05, 4.69) is 25.5 Å². The molecule has 0 radical (unpaired) electrons. The van der Waals surface area contributed by atoms with E-state index in [1.165, 1.54) is 35.1 Å². The summed E-state index contributed by atoms with van der Waals surface area (Å²) in [5, 5.41) is 12.7. The summed E-state index contributed by atoms with van der Waals surface area (Å²) in [6.07, 6.45) is 6.44. The van der Waals surface area contributed by atoms with Gasteiger partial charge < -0.3 is 10.1 Å². The first-order chi connectivity index (χ1) is 11.3. The monoisotopic (exact) mass is 327 g/mol. The minimum atomic E-state index is 0.519. The molecule has 23 heavy (non-hydrogen) atoms. The van der Waals surface area contributed by atoms with Crippen LogP contribution in [0.3, 0.4) is 0 Å². The zero-order chi connectivity index (χ0) is 15.6. The van der Waals surface area contributed by atoms with Crippen LogP contribution in [-0.2, 0) is 19.4 Å². The van der Waals surface area contributed by atoms with Crippen LogP contribution in [0.2, 0.25) is 0 Å². The number of aryl methyl sites for hydroxylation is 2. The Bertz CT molecular complexity index is 830. The lowest BCUT2D eigenvalue weighted by Gasteiger charge is -2.12. The highest BCUT2D eigenvalue weighted by Crippen LogP contribution is 2.38. The van der Waals surface area contributed by atoms with Crippen LogP contribution >= 0.6 is 11.3 Å². The molecule has 4 rings (SSSR count). The zero-order valence-corrected chi connectivity index (χ0v) is 13.7. The summed E-state index contributed by atoms with van der Waals surface area (Å²) >= 11 is 1.80. The average molecular weight is 327 g/mol. The minimum Gasteiger partial charge on any atom is -0.480 e. The molecule has 1 aliphatic carbocycles. The summed E-state index contributed by atoms with van der Waals surface area (Å²) in [7, 11) is 1.58. The molecule has 0 atom stereocenters. The van der Waals surface area contributed by atoms with Crippen molar-refractivity contribution in [2.24, 2.45) is 0 Å². The van der Waals surface area contributed by atoms with Gasteiger partial charge in [-0.2, -0.15) is 5.10 Å². The van der Waals surface area contributed by atoms with E-state index >= 15 is 0 Å². The SMILES string of the molecule is COc1ccc(CNc2ncnc3sc4c(c23)CCCC4)nn1. The van der Waals surface area contributed by atoms with Gasteiger partial charge in [0.15, 0.2) is 0 Å². The van der Waals surface area contributed by atoms with Gasteiger partial charge in [0.25, 0.3) is 0 Å². The number of methoxy groups -OCH3 is 1. The number of nitrogens with one attached hydrogen (secondary N) is 1. The molecule has 118 valence electrons. The Hall–Kier alpha value is -2.28. The Morgan fingerprint density at radius 3 is 2.91 bits per heavy atom. The van der Waals surface area contributed by atoms with Crippen LogP contribution in [0.1, 0.15) is 29.0 Å². The third-order valence-electron chi connectivity index (χ3n) is 4.09. The number of fused-ring (bicyclic) bond motifs is 3. The quantitative estimate of drug-likeness (QED) is 0.794. The molecule has 3 aromatic rings. The van der Waals surface area contributed by atoms with Gasteiger partial charge in [-0.15, -0.1) is 16.4 Å². The lowest BCUT2D eigenvalue weighted by atomic mass is 9.97. The number of anilines is 1. The molecule has 7 heteroatoms. The Kier molecular flexibility index (Phi) is 3.78. The molecule has 0 fully saturated rings. The Balaban J connectivity index is 1.62. The largest absolute Gasteiger partial charge is 0.480 e. The maximum atomic E-state index is 5.03. The molecule has 1 N–H and O–H groups in total. The van der Waals surface area contributed by atoms with Gasteiger partial charge in [0.1, 0.15) is 17.0 Å². The fourth-order valence-electron chi connectivity index (χ4n) is 2.95. The number of ether oxygens (including phenoxy) is 1. The lowest BCUT2D eigenvalue weighted by Crippen LogP contribution is -2.06. The summed E-state index contributed by atoms with van der Waals surface area (Å²) in [5.41, 5.74) is 2.28. The maximum Gasteiger partial charge on any atom is 0.233 e. The van der Waals surface area contributed by atoms with Gasteiger partial charge in [-0.05, 0) is 37.3 Å². The number of thiophene rings is 1. The van der Waals surface area contributed by atoms with Crippen LogP contribution in [0.4, 0.5) is 5.82 Å². The molecule has 3 aromatic heterocycles. The topological polar surface area (TPSA) is 72.8 Å². The zero-order valence-electron chi connectivity index (χ0n) is 12.9. The van der Waals surface area contributed by atoms with Crippen molar-refractivity contribution in [1.29, 1.82) is 0 Å². The molecule has 6 nitrogen and oxygen atoms in total. The molecule has 0 spiro atoms. The predicted molar refractivity (Wildman–Crippen MR) is 90.0 cm³/mol. The second kappa shape index (κ2) is 6.08. The van der Waals surface area contributed by atoms with Crippen molar-refractivity contribution in [3.63, 3.8) is 0 Å². The molecular formula is C16H17N5OS. The van der Waals surface area contributed by atoms with E-state index in [0.717, 1.165) is 22.8 Å². The summed E-state index contributed by atoms with van der Waals surface area (Å²) in [5.74, 6) is 1.41. The van der Waals surface area contributed by atoms with E-state index in [4.69, 9.17) is 4.74 Å². The van der Waals surface area contributed by atoms with Crippen molar-refractivity contribution < 1.29 is 4.74 Å². The van der Waals surface area contributed by atoms with Gasteiger partial charge in [0.05, 0.1) is 24.7 Å². The highest BCUT2D eigenvalue weighted by atomic mass is 32.1. The molecule has 0 aliphatic heterocycles. The standard InChI is InChI=1S/C16H17N5OS/c1-22-13-7-6-10(20-21-13)8-17-15-14-11-4-2-3-5-12(11)23-16(14)19-9-18-15/h6-7,9H,2-5,8H2,1H3,(H,17,18,19). The first kappa shape index (κ1) is 14.3. The Labute approximate surface area is 138 Å². The van der Waals surface area contributed by atoms with E-state index < -0.39 is 0 Å². The molecular weight excluding hydrogens is 310 g/mol. The van der Waals surface area contributed by atoms with Crippen LogP contribution < -0.4 is 10.1 Å². The fraction of sp³-hybridized carbons (Fsp3) is 0.375. The van der Waals surface area contributed by atoms with Crippen LogP contribution in [-0.4, -0.2) is 27.3 Å². The molecule has 0 bridgehead atoms. The van der Waals surface area contributed by atoms with Gasteiger partial charge in [-0.25, -0.2) is 9.97 Å². The van der Waals surface area contributed by atoms with Crippen LogP contribution in [0.25, 0.3) is 10.2 Å². The van der Waals surface area contributed by atoms with Crippen LogP contribution in [0.5, 0.6) is 5.88 Å². The highest BCUT2D eigenvalue weighted by Gasteiger charge is 2.19. The van der Waals surface area contributed by atoms with Crippen molar-refractivity contribution in [2.45, 2.75) is 32.2 Å². The van der Waals surface area contributed by atoms with Crippen LogP contribution in [0, 0.1) is 0 Å². The minimum absolute atomic E-state index is 0.519. The molecule has 0 saturated carbocycles. The van der Waals surface area contributed by atoms with Crippen molar-refractivity contribution in [3.8, 4) is 5.88 Å². The molecule has 3 heterocycles. The molecule has 0 saturated heterocycles. The summed E-state index contributed by atoms with van der Waals surface area (Å²) in [6.45, 7) is 0.577. The van der Waals surface area contributed by atoms with Crippen molar-refractivity contribution in [3.05, 3.63) is 34.6 Å². The molecule has 0 unspecified atom stereocenters. The maximum absolute atomic E-state index is 5.03. The van der Waals surface area contributed by atoms with Crippen LogP contribution in [0.15, 0.2) is 18.5 Å². The number of hydrogen-bond acceptors (Lipinski definition) is 7. The average Bonchev–Trinajstić information content (AvgIpc) is 2.99.